The van der Waals surface area contributed by atoms with Gasteiger partial charge in [-0.1, -0.05) is 39.5 Å². The van der Waals surface area contributed by atoms with Gasteiger partial charge in [0.1, 0.15) is 0 Å². The highest BCUT2D eigenvalue weighted by atomic mass is 16.4. The molecule has 0 bridgehead atoms. The second-order valence-corrected chi connectivity index (χ2v) is 5.91. The molecule has 1 aliphatic rings. The highest BCUT2D eigenvalue weighted by molar-refractivity contribution is 5.66. The van der Waals surface area contributed by atoms with Crippen LogP contribution in [0.5, 0.6) is 0 Å². The molecule has 1 unspecified atom stereocenters. The van der Waals surface area contributed by atoms with Crippen LogP contribution >= 0.6 is 0 Å². The van der Waals surface area contributed by atoms with Crippen molar-refractivity contribution >= 4 is 6.09 Å². The van der Waals surface area contributed by atoms with Crippen LogP contribution in [-0.2, 0) is 0 Å². The number of aliphatic hydroxyl groups is 1. The van der Waals surface area contributed by atoms with E-state index in [0.29, 0.717) is 6.54 Å². The first-order valence-electron chi connectivity index (χ1n) is 7.71. The normalized spacial score (nSPS) is 22.5. The molecular weight excluding hydrogens is 242 g/mol. The van der Waals surface area contributed by atoms with E-state index < -0.39 is 6.09 Å². The van der Waals surface area contributed by atoms with Crippen LogP contribution in [0.25, 0.3) is 0 Å². The van der Waals surface area contributed by atoms with Crippen molar-refractivity contribution in [2.45, 2.75) is 70.8 Å². The third-order valence-corrected chi connectivity index (χ3v) is 4.48. The van der Waals surface area contributed by atoms with Gasteiger partial charge in [-0.3, -0.25) is 0 Å². The Kier molecular flexibility index (Phi) is 6.63. The molecule has 1 atom stereocenters. The number of aliphatic hydroxyl groups excluding tert-OH is 1. The van der Waals surface area contributed by atoms with Gasteiger partial charge in [-0.15, -0.1) is 0 Å². The standard InChI is InChI=1S/C15H29NO3/c1-3-5-8-15(9-6-4-2)11-13(12-17)7-10-16(15)14(18)19/h13,17H,3-12H2,1-2H3,(H,18,19). The fourth-order valence-electron chi connectivity index (χ4n) is 3.36. The van der Waals surface area contributed by atoms with Gasteiger partial charge in [0.05, 0.1) is 0 Å². The number of amides is 1. The predicted molar refractivity (Wildman–Crippen MR) is 76.3 cm³/mol. The van der Waals surface area contributed by atoms with Crippen LogP contribution in [0.1, 0.15) is 65.2 Å². The topological polar surface area (TPSA) is 60.8 Å². The van der Waals surface area contributed by atoms with E-state index in [0.717, 1.165) is 51.4 Å². The van der Waals surface area contributed by atoms with E-state index in [9.17, 15) is 15.0 Å². The Balaban J connectivity index is 2.90. The lowest BCUT2D eigenvalue weighted by molar-refractivity contribution is -0.000257. The number of carboxylic acid groups (broad SMARTS) is 1. The summed E-state index contributed by atoms with van der Waals surface area (Å²) in [5.41, 5.74) is -0.233. The Labute approximate surface area is 116 Å². The van der Waals surface area contributed by atoms with Crippen molar-refractivity contribution in [2.24, 2.45) is 5.92 Å². The third kappa shape index (κ3) is 4.10. The van der Waals surface area contributed by atoms with Gasteiger partial charge in [0.15, 0.2) is 0 Å². The lowest BCUT2D eigenvalue weighted by Crippen LogP contribution is -2.56. The van der Waals surface area contributed by atoms with Crippen molar-refractivity contribution < 1.29 is 15.0 Å². The van der Waals surface area contributed by atoms with Crippen molar-refractivity contribution in [1.82, 2.24) is 4.90 Å². The van der Waals surface area contributed by atoms with Crippen LogP contribution < -0.4 is 0 Å². The fraction of sp³-hybridized carbons (Fsp3) is 0.933. The van der Waals surface area contributed by atoms with Crippen LogP contribution in [0.4, 0.5) is 4.79 Å². The molecular formula is C15H29NO3. The molecule has 1 amide bonds. The average Bonchev–Trinajstić information content (AvgIpc) is 2.42. The minimum Gasteiger partial charge on any atom is -0.465 e. The van der Waals surface area contributed by atoms with Gasteiger partial charge in [-0.2, -0.15) is 0 Å². The van der Waals surface area contributed by atoms with Crippen LogP contribution in [0.15, 0.2) is 0 Å². The van der Waals surface area contributed by atoms with E-state index >= 15 is 0 Å². The first-order chi connectivity index (χ1) is 9.09. The molecule has 1 aliphatic heterocycles. The maximum atomic E-state index is 11.6. The monoisotopic (exact) mass is 271 g/mol. The van der Waals surface area contributed by atoms with E-state index in [-0.39, 0.29) is 18.1 Å². The van der Waals surface area contributed by atoms with Gasteiger partial charge >= 0.3 is 6.09 Å². The van der Waals surface area contributed by atoms with Crippen LogP contribution in [0.3, 0.4) is 0 Å². The summed E-state index contributed by atoms with van der Waals surface area (Å²) >= 11 is 0. The number of piperidine rings is 1. The zero-order chi connectivity index (χ0) is 14.3. The van der Waals surface area contributed by atoms with E-state index in [1.807, 2.05) is 0 Å². The van der Waals surface area contributed by atoms with Gasteiger partial charge in [0.2, 0.25) is 0 Å². The zero-order valence-electron chi connectivity index (χ0n) is 12.4. The first-order valence-corrected chi connectivity index (χ1v) is 7.71. The SMILES string of the molecule is CCCCC1(CCCC)CC(CO)CCN1C(=O)O. The second kappa shape index (κ2) is 7.73. The number of unbranched alkanes of at least 4 members (excludes halogenated alkanes) is 2. The number of carbonyl (C=O) groups is 1. The molecule has 1 heterocycles. The molecule has 1 saturated heterocycles. The van der Waals surface area contributed by atoms with Crippen LogP contribution in [0, 0.1) is 5.92 Å². The van der Waals surface area contributed by atoms with Gasteiger partial charge < -0.3 is 15.1 Å². The predicted octanol–water partition coefficient (Wildman–Crippen LogP) is 3.49. The molecule has 0 aromatic heterocycles. The summed E-state index contributed by atoms with van der Waals surface area (Å²) in [6.07, 6.45) is 7.01. The number of likely N-dealkylation sites (tertiary alicyclic amines) is 1. The highest BCUT2D eigenvalue weighted by Gasteiger charge is 2.43. The number of nitrogens with zero attached hydrogens (tertiary/aromatic N) is 1. The molecule has 2 N–H and O–H groups in total. The first kappa shape index (κ1) is 16.3. The minimum absolute atomic E-state index is 0.188. The van der Waals surface area contributed by atoms with E-state index in [1.54, 1.807) is 4.90 Å². The summed E-state index contributed by atoms with van der Waals surface area (Å²) in [4.78, 5) is 13.2. The van der Waals surface area contributed by atoms with E-state index in [2.05, 4.69) is 13.8 Å². The third-order valence-electron chi connectivity index (χ3n) is 4.48. The number of rotatable bonds is 7. The maximum absolute atomic E-state index is 11.6. The molecule has 0 radical (unpaired) electrons. The van der Waals surface area contributed by atoms with Gasteiger partial charge in [-0.25, -0.2) is 4.79 Å². The molecule has 0 aromatic rings. The van der Waals surface area contributed by atoms with Crippen molar-refractivity contribution in [3.8, 4) is 0 Å². The Morgan fingerprint density at radius 3 is 2.26 bits per heavy atom. The molecule has 4 nitrogen and oxygen atoms in total. The van der Waals surface area contributed by atoms with E-state index in [4.69, 9.17) is 0 Å². The molecule has 0 saturated carbocycles. The molecule has 1 rings (SSSR count). The summed E-state index contributed by atoms with van der Waals surface area (Å²) in [6, 6.07) is 0. The molecule has 112 valence electrons. The summed E-state index contributed by atoms with van der Waals surface area (Å²) in [5, 5.41) is 18.9. The van der Waals surface area contributed by atoms with Crippen LogP contribution in [0.2, 0.25) is 0 Å². The van der Waals surface area contributed by atoms with Crippen molar-refractivity contribution in [3.63, 3.8) is 0 Å². The summed E-state index contributed by atoms with van der Waals surface area (Å²) < 4.78 is 0. The maximum Gasteiger partial charge on any atom is 0.407 e. The molecule has 19 heavy (non-hydrogen) atoms. The summed E-state index contributed by atoms with van der Waals surface area (Å²) in [6.45, 7) is 5.05. The molecule has 0 spiro atoms. The lowest BCUT2D eigenvalue weighted by atomic mass is 9.74. The van der Waals surface area contributed by atoms with Gasteiger partial charge in [-0.05, 0) is 31.6 Å². The van der Waals surface area contributed by atoms with Gasteiger partial charge in [0.25, 0.3) is 0 Å². The average molecular weight is 271 g/mol. The Morgan fingerprint density at radius 2 is 1.84 bits per heavy atom. The zero-order valence-corrected chi connectivity index (χ0v) is 12.4. The minimum atomic E-state index is -0.788. The lowest BCUT2D eigenvalue weighted by Gasteiger charge is -2.48. The molecule has 1 fully saturated rings. The van der Waals surface area contributed by atoms with E-state index in [1.165, 1.54) is 0 Å². The van der Waals surface area contributed by atoms with Crippen molar-refractivity contribution in [3.05, 3.63) is 0 Å². The van der Waals surface area contributed by atoms with Crippen LogP contribution in [-0.4, -0.2) is 39.9 Å². The molecule has 4 heteroatoms. The van der Waals surface area contributed by atoms with Crippen molar-refractivity contribution in [1.29, 1.82) is 0 Å². The number of hydrogen-bond donors (Lipinski definition) is 2. The Morgan fingerprint density at radius 1 is 1.26 bits per heavy atom. The fourth-order valence-corrected chi connectivity index (χ4v) is 3.36. The summed E-state index contributed by atoms with van der Waals surface area (Å²) in [7, 11) is 0. The van der Waals surface area contributed by atoms with Gasteiger partial charge in [0, 0.05) is 18.7 Å². The quantitative estimate of drug-likeness (QED) is 0.745. The molecule has 0 aromatic carbocycles. The van der Waals surface area contributed by atoms with Crippen molar-refractivity contribution in [2.75, 3.05) is 13.2 Å². The largest absolute Gasteiger partial charge is 0.465 e. The second-order valence-electron chi connectivity index (χ2n) is 5.91. The highest BCUT2D eigenvalue weighted by Crippen LogP contribution is 2.39. The molecule has 0 aliphatic carbocycles. The Bertz CT molecular complexity index is 273. The Hall–Kier alpha value is -0.770. The summed E-state index contributed by atoms with van der Waals surface area (Å²) in [5.74, 6) is 0.268. The smallest absolute Gasteiger partial charge is 0.407 e. The number of hydrogen-bond acceptors (Lipinski definition) is 2.